The summed E-state index contributed by atoms with van der Waals surface area (Å²) in [5.41, 5.74) is 0. The van der Waals surface area contributed by atoms with Crippen molar-refractivity contribution in [2.75, 3.05) is 32.8 Å². The van der Waals surface area contributed by atoms with E-state index in [1.165, 1.54) is 19.1 Å². The highest BCUT2D eigenvalue weighted by atomic mass is 32.2. The largest absolute Gasteiger partial charge is 0.379 e. The second-order valence-electron chi connectivity index (χ2n) is 5.88. The maximum absolute atomic E-state index is 12.9. The Morgan fingerprint density at radius 3 is 2.42 bits per heavy atom. The van der Waals surface area contributed by atoms with Crippen LogP contribution in [0.15, 0.2) is 29.2 Å². The van der Waals surface area contributed by atoms with Crippen molar-refractivity contribution >= 4 is 15.7 Å². The summed E-state index contributed by atoms with van der Waals surface area (Å²) in [6, 6.07) is 4.57. The van der Waals surface area contributed by atoms with Crippen LogP contribution >= 0.6 is 0 Å². The lowest BCUT2D eigenvalue weighted by atomic mass is 10.2. The first kappa shape index (κ1) is 18.8. The predicted molar refractivity (Wildman–Crippen MR) is 87.9 cm³/mol. The van der Waals surface area contributed by atoms with Crippen molar-refractivity contribution < 1.29 is 22.3 Å². The molecular formula is C16H23FN2O4S. The fraction of sp³-hybridized carbons (Fsp3) is 0.562. The van der Waals surface area contributed by atoms with Gasteiger partial charge >= 0.3 is 0 Å². The Hall–Kier alpha value is -1.51. The van der Waals surface area contributed by atoms with Gasteiger partial charge in [0, 0.05) is 25.7 Å². The number of nitrogens with zero attached hydrogens (tertiary/aromatic N) is 1. The van der Waals surface area contributed by atoms with E-state index in [4.69, 9.17) is 4.74 Å². The molecule has 6 nitrogen and oxygen atoms in total. The predicted octanol–water partition coefficient (Wildman–Crippen LogP) is 0.825. The Kier molecular flexibility index (Phi) is 6.31. The molecule has 8 heteroatoms. The van der Waals surface area contributed by atoms with E-state index < -0.39 is 26.8 Å². The van der Waals surface area contributed by atoms with Gasteiger partial charge in [-0.05, 0) is 38.1 Å². The zero-order valence-electron chi connectivity index (χ0n) is 13.9. The molecule has 0 saturated carbocycles. The summed E-state index contributed by atoms with van der Waals surface area (Å²) in [4.78, 5) is 14.3. The molecule has 134 valence electrons. The molecule has 0 radical (unpaired) electrons. The van der Waals surface area contributed by atoms with Crippen LogP contribution in [-0.4, -0.2) is 63.4 Å². The first-order valence-electron chi connectivity index (χ1n) is 7.91. The molecule has 1 saturated heterocycles. The van der Waals surface area contributed by atoms with Crippen molar-refractivity contribution in [1.82, 2.24) is 10.2 Å². The maximum atomic E-state index is 12.9. The number of amides is 1. The smallest absolute Gasteiger partial charge is 0.238 e. The molecule has 1 fully saturated rings. The molecule has 1 aliphatic heterocycles. The Bertz CT molecular complexity index is 657. The van der Waals surface area contributed by atoms with Crippen LogP contribution in [-0.2, 0) is 19.4 Å². The third-order valence-electron chi connectivity index (χ3n) is 4.22. The maximum Gasteiger partial charge on any atom is 0.238 e. The lowest BCUT2D eigenvalue weighted by Gasteiger charge is -2.32. The van der Waals surface area contributed by atoms with Gasteiger partial charge in [0.2, 0.25) is 5.91 Å². The van der Waals surface area contributed by atoms with Crippen molar-refractivity contribution in [3.63, 3.8) is 0 Å². The number of halogens is 1. The van der Waals surface area contributed by atoms with Crippen LogP contribution in [0.1, 0.15) is 13.8 Å². The van der Waals surface area contributed by atoms with Crippen LogP contribution < -0.4 is 5.32 Å². The summed E-state index contributed by atoms with van der Waals surface area (Å²) < 4.78 is 43.1. The molecule has 1 aromatic carbocycles. The molecule has 1 amide bonds. The van der Waals surface area contributed by atoms with E-state index in [9.17, 15) is 17.6 Å². The summed E-state index contributed by atoms with van der Waals surface area (Å²) in [7, 11) is -3.84. The Morgan fingerprint density at radius 2 is 1.83 bits per heavy atom. The number of hydrogen-bond acceptors (Lipinski definition) is 5. The first-order valence-corrected chi connectivity index (χ1v) is 9.46. The van der Waals surface area contributed by atoms with Crippen LogP contribution in [0, 0.1) is 5.82 Å². The number of carbonyl (C=O) groups excluding carboxylic acids is 1. The summed E-state index contributed by atoms with van der Waals surface area (Å²) >= 11 is 0. The molecule has 0 spiro atoms. The zero-order valence-corrected chi connectivity index (χ0v) is 14.7. The summed E-state index contributed by atoms with van der Waals surface area (Å²) in [5, 5.41) is 1.46. The minimum Gasteiger partial charge on any atom is -0.379 e. The highest BCUT2D eigenvalue weighted by Crippen LogP contribution is 2.16. The number of sulfone groups is 1. The van der Waals surface area contributed by atoms with Gasteiger partial charge in [-0.1, -0.05) is 0 Å². The minimum atomic E-state index is -3.84. The number of benzene rings is 1. The van der Waals surface area contributed by atoms with E-state index in [1.54, 1.807) is 0 Å². The highest BCUT2D eigenvalue weighted by Gasteiger charge is 2.30. The van der Waals surface area contributed by atoms with Gasteiger partial charge in [0.05, 0.1) is 18.1 Å². The highest BCUT2D eigenvalue weighted by molar-refractivity contribution is 7.92. The Balaban J connectivity index is 1.94. The number of rotatable bonds is 6. The number of ether oxygens (including phenoxy) is 1. The van der Waals surface area contributed by atoms with Crippen molar-refractivity contribution in [3.8, 4) is 0 Å². The number of carbonyl (C=O) groups is 1. The Morgan fingerprint density at radius 1 is 1.25 bits per heavy atom. The van der Waals surface area contributed by atoms with Gasteiger partial charge in [-0.15, -0.1) is 0 Å². The standard InChI is InChI=1S/C16H23FN2O4S/c1-12(19-7-9-23-10-8-19)11-18-16(20)13(2)24(21,22)15-5-3-14(17)4-6-15/h3-6,12-13H,7-11H2,1-2H3,(H,18,20). The molecule has 2 atom stereocenters. The fourth-order valence-corrected chi connectivity index (χ4v) is 3.80. The molecule has 0 aliphatic carbocycles. The molecule has 1 aliphatic rings. The normalized spacial score (nSPS) is 18.8. The number of nitrogens with one attached hydrogen (secondary N) is 1. The van der Waals surface area contributed by atoms with Crippen LogP contribution in [0.2, 0.25) is 0 Å². The molecule has 24 heavy (non-hydrogen) atoms. The van der Waals surface area contributed by atoms with Crippen LogP contribution in [0.25, 0.3) is 0 Å². The van der Waals surface area contributed by atoms with E-state index in [1.807, 2.05) is 6.92 Å². The molecule has 0 bridgehead atoms. The minimum absolute atomic E-state index is 0.0622. The second kappa shape index (κ2) is 8.04. The van der Waals surface area contributed by atoms with Crippen LogP contribution in [0.4, 0.5) is 4.39 Å². The van der Waals surface area contributed by atoms with Gasteiger partial charge in [-0.2, -0.15) is 0 Å². The quantitative estimate of drug-likeness (QED) is 0.762. The monoisotopic (exact) mass is 358 g/mol. The molecule has 2 rings (SSSR count). The van der Waals surface area contributed by atoms with Crippen molar-refractivity contribution in [1.29, 1.82) is 0 Å². The third-order valence-corrected chi connectivity index (χ3v) is 6.29. The van der Waals surface area contributed by atoms with E-state index in [2.05, 4.69) is 10.2 Å². The van der Waals surface area contributed by atoms with E-state index >= 15 is 0 Å². The topological polar surface area (TPSA) is 75.7 Å². The van der Waals surface area contributed by atoms with Crippen molar-refractivity contribution in [3.05, 3.63) is 30.1 Å². The Labute approximate surface area is 141 Å². The number of morpholine rings is 1. The zero-order chi connectivity index (χ0) is 17.7. The van der Waals surface area contributed by atoms with Crippen LogP contribution in [0.5, 0.6) is 0 Å². The average molecular weight is 358 g/mol. The third kappa shape index (κ3) is 4.52. The molecule has 1 aromatic rings. The molecule has 1 heterocycles. The van der Waals surface area contributed by atoms with Gasteiger partial charge in [0.15, 0.2) is 9.84 Å². The fourth-order valence-electron chi connectivity index (χ4n) is 2.51. The summed E-state index contributed by atoms with van der Waals surface area (Å²) in [5.74, 6) is -1.08. The lowest BCUT2D eigenvalue weighted by Crippen LogP contribution is -2.49. The van der Waals surface area contributed by atoms with Crippen molar-refractivity contribution in [2.24, 2.45) is 0 Å². The second-order valence-corrected chi connectivity index (χ2v) is 8.15. The molecule has 0 aromatic heterocycles. The van der Waals surface area contributed by atoms with Gasteiger partial charge in [-0.3, -0.25) is 9.69 Å². The van der Waals surface area contributed by atoms with E-state index in [0.717, 1.165) is 25.2 Å². The molecule has 1 N–H and O–H groups in total. The van der Waals surface area contributed by atoms with E-state index in [-0.39, 0.29) is 10.9 Å². The van der Waals surface area contributed by atoms with Gasteiger partial charge < -0.3 is 10.1 Å². The molecule has 2 unspecified atom stereocenters. The van der Waals surface area contributed by atoms with Gasteiger partial charge in [0.1, 0.15) is 11.1 Å². The van der Waals surface area contributed by atoms with E-state index in [0.29, 0.717) is 19.8 Å². The summed E-state index contributed by atoms with van der Waals surface area (Å²) in [6.45, 7) is 6.59. The van der Waals surface area contributed by atoms with Crippen LogP contribution in [0.3, 0.4) is 0 Å². The van der Waals surface area contributed by atoms with Crippen molar-refractivity contribution in [2.45, 2.75) is 30.0 Å². The number of hydrogen-bond donors (Lipinski definition) is 1. The first-order chi connectivity index (χ1) is 11.3. The average Bonchev–Trinajstić information content (AvgIpc) is 2.59. The lowest BCUT2D eigenvalue weighted by molar-refractivity contribution is -0.120. The van der Waals surface area contributed by atoms with Gasteiger partial charge in [0.25, 0.3) is 0 Å². The van der Waals surface area contributed by atoms with Gasteiger partial charge in [-0.25, -0.2) is 12.8 Å². The summed E-state index contributed by atoms with van der Waals surface area (Å²) in [6.07, 6.45) is 0. The SMILES string of the molecule is CC(CNC(=O)C(C)S(=O)(=O)c1ccc(F)cc1)N1CCOCC1. The molecular weight excluding hydrogens is 335 g/mol.